The molecule has 2 nitrogen and oxygen atoms in total. The smallest absolute Gasteiger partial charge is 0.192 e. The van der Waals surface area contributed by atoms with Crippen molar-refractivity contribution in [1.82, 2.24) is 0 Å². The van der Waals surface area contributed by atoms with Crippen LogP contribution < -0.4 is 0 Å². The molecular formula is C12H26O2Si. The zero-order valence-corrected chi connectivity index (χ0v) is 12.1. The van der Waals surface area contributed by atoms with Crippen molar-refractivity contribution in [3.05, 3.63) is 0 Å². The first-order valence-corrected chi connectivity index (χ1v) is 8.74. The van der Waals surface area contributed by atoms with Gasteiger partial charge in [0.2, 0.25) is 0 Å². The highest BCUT2D eigenvalue weighted by molar-refractivity contribution is 6.74. The summed E-state index contributed by atoms with van der Waals surface area (Å²) in [5, 5.41) is 0.272. The van der Waals surface area contributed by atoms with E-state index in [1.165, 1.54) is 0 Å². The molecule has 0 saturated carbocycles. The molecule has 0 rings (SSSR count). The molecule has 0 unspecified atom stereocenters. The van der Waals surface area contributed by atoms with Crippen LogP contribution in [-0.4, -0.2) is 21.2 Å². The van der Waals surface area contributed by atoms with Crippen molar-refractivity contribution in [2.24, 2.45) is 5.92 Å². The average molecular weight is 230 g/mol. The van der Waals surface area contributed by atoms with E-state index in [1.807, 2.05) is 0 Å². The molecule has 0 atom stereocenters. The van der Waals surface area contributed by atoms with E-state index < -0.39 is 8.32 Å². The molecule has 0 aromatic heterocycles. The fourth-order valence-corrected chi connectivity index (χ4v) is 3.79. The minimum Gasteiger partial charge on any atom is -0.417 e. The summed E-state index contributed by atoms with van der Waals surface area (Å²) in [5.41, 5.74) is 0. The van der Waals surface area contributed by atoms with E-state index in [9.17, 15) is 4.79 Å². The van der Waals surface area contributed by atoms with Crippen LogP contribution in [0.3, 0.4) is 0 Å². The Morgan fingerprint density at radius 1 is 1.33 bits per heavy atom. The summed E-state index contributed by atoms with van der Waals surface area (Å²) in [6.45, 7) is 14.4. The molecular weight excluding hydrogens is 204 g/mol. The Labute approximate surface area is 95.5 Å². The van der Waals surface area contributed by atoms with Crippen LogP contribution in [-0.2, 0) is 9.22 Å². The third-order valence-corrected chi connectivity index (χ3v) is 8.53. The second-order valence-electron chi connectivity index (χ2n) is 5.54. The molecule has 0 bridgehead atoms. The number of rotatable bonds is 7. The molecule has 0 N–H and O–H groups in total. The maximum atomic E-state index is 10.2. The van der Waals surface area contributed by atoms with Crippen LogP contribution in [0.15, 0.2) is 0 Å². The Hall–Kier alpha value is -0.153. The summed E-state index contributed by atoms with van der Waals surface area (Å²) in [5.74, 6) is 0.630. The second-order valence-corrected chi connectivity index (χ2v) is 10.1. The van der Waals surface area contributed by atoms with E-state index in [0.717, 1.165) is 19.3 Å². The third kappa shape index (κ3) is 4.07. The minimum absolute atomic E-state index is 0.272. The van der Waals surface area contributed by atoms with Crippen LogP contribution in [0.2, 0.25) is 18.1 Å². The molecule has 0 aliphatic rings. The lowest BCUT2D eigenvalue weighted by atomic mass is 9.99. The van der Waals surface area contributed by atoms with E-state index in [1.54, 1.807) is 0 Å². The molecule has 0 aromatic rings. The third-order valence-electron chi connectivity index (χ3n) is 3.92. The van der Waals surface area contributed by atoms with Gasteiger partial charge in [-0.3, -0.25) is 0 Å². The van der Waals surface area contributed by atoms with Gasteiger partial charge in [-0.15, -0.1) is 0 Å². The van der Waals surface area contributed by atoms with Gasteiger partial charge in [0, 0.05) is 13.0 Å². The van der Waals surface area contributed by atoms with Crippen LogP contribution in [0.5, 0.6) is 0 Å². The first-order chi connectivity index (χ1) is 6.75. The van der Waals surface area contributed by atoms with Crippen LogP contribution >= 0.6 is 0 Å². The second kappa shape index (κ2) is 5.80. The molecule has 0 saturated heterocycles. The van der Waals surface area contributed by atoms with Gasteiger partial charge in [-0.05, 0) is 30.5 Å². The van der Waals surface area contributed by atoms with Crippen molar-refractivity contribution < 1.29 is 9.22 Å². The van der Waals surface area contributed by atoms with E-state index in [2.05, 4.69) is 40.8 Å². The Morgan fingerprint density at radius 3 is 2.27 bits per heavy atom. The summed E-state index contributed by atoms with van der Waals surface area (Å²) in [6, 6.07) is 0. The molecule has 0 aliphatic carbocycles. The van der Waals surface area contributed by atoms with Crippen molar-refractivity contribution in [3.8, 4) is 0 Å². The fourth-order valence-electron chi connectivity index (χ4n) is 1.38. The highest BCUT2D eigenvalue weighted by Gasteiger charge is 2.42. The summed E-state index contributed by atoms with van der Waals surface area (Å²) in [4.78, 5) is 10.2. The molecule has 0 aromatic carbocycles. The largest absolute Gasteiger partial charge is 0.417 e. The van der Waals surface area contributed by atoms with Crippen LogP contribution in [0.25, 0.3) is 0 Å². The van der Waals surface area contributed by atoms with E-state index >= 15 is 0 Å². The molecule has 0 amide bonds. The Morgan fingerprint density at radius 2 is 1.87 bits per heavy atom. The molecule has 15 heavy (non-hydrogen) atoms. The number of aldehydes is 1. The van der Waals surface area contributed by atoms with Gasteiger partial charge in [-0.25, -0.2) is 0 Å². The van der Waals surface area contributed by atoms with Crippen molar-refractivity contribution in [2.45, 2.75) is 58.7 Å². The Balaban J connectivity index is 4.21. The van der Waals surface area contributed by atoms with Crippen molar-refractivity contribution in [2.75, 3.05) is 6.61 Å². The molecule has 0 aliphatic heterocycles. The molecule has 3 heteroatoms. The lowest BCUT2D eigenvalue weighted by Gasteiger charge is -2.42. The van der Waals surface area contributed by atoms with E-state index in [4.69, 9.17) is 4.43 Å². The first kappa shape index (κ1) is 14.8. The molecule has 0 heterocycles. The molecule has 0 radical (unpaired) electrons. The number of hydrogen-bond donors (Lipinski definition) is 0. The Bertz CT molecular complexity index is 198. The molecule has 0 fully saturated rings. The minimum atomic E-state index is -1.66. The maximum Gasteiger partial charge on any atom is 0.192 e. The number of unbranched alkanes of at least 4 members (excludes halogenated alkanes) is 1. The van der Waals surface area contributed by atoms with Crippen LogP contribution in [0.4, 0.5) is 0 Å². The maximum absolute atomic E-state index is 10.2. The van der Waals surface area contributed by atoms with Gasteiger partial charge >= 0.3 is 0 Å². The molecule has 0 spiro atoms. The van der Waals surface area contributed by atoms with Gasteiger partial charge in [0.15, 0.2) is 8.32 Å². The van der Waals surface area contributed by atoms with E-state index in [0.29, 0.717) is 12.3 Å². The summed E-state index contributed by atoms with van der Waals surface area (Å²) in [7, 11) is -1.66. The first-order valence-electron chi connectivity index (χ1n) is 5.83. The summed E-state index contributed by atoms with van der Waals surface area (Å²) in [6.07, 6.45) is 2.44. The highest BCUT2D eigenvalue weighted by atomic mass is 28.4. The lowest BCUT2D eigenvalue weighted by molar-refractivity contribution is -0.108. The summed E-state index contributed by atoms with van der Waals surface area (Å²) < 4.78 is 6.04. The van der Waals surface area contributed by atoms with Crippen molar-refractivity contribution >= 4 is 14.6 Å². The predicted octanol–water partition coefficient (Wildman–Crippen LogP) is 3.62. The number of carbonyl (C=O) groups is 1. The van der Waals surface area contributed by atoms with Gasteiger partial charge in [-0.2, -0.15) is 0 Å². The highest BCUT2D eigenvalue weighted by Crippen LogP contribution is 2.44. The summed E-state index contributed by atoms with van der Waals surface area (Å²) >= 11 is 0. The Kier molecular flexibility index (Phi) is 5.74. The quantitative estimate of drug-likeness (QED) is 0.379. The van der Waals surface area contributed by atoms with Gasteiger partial charge in [0.1, 0.15) is 6.29 Å². The van der Waals surface area contributed by atoms with Crippen LogP contribution in [0.1, 0.15) is 40.5 Å². The van der Waals surface area contributed by atoms with E-state index in [-0.39, 0.29) is 5.04 Å². The fraction of sp³-hybridized carbons (Fsp3) is 0.917. The number of carbonyl (C=O) groups excluding carboxylic acids is 1. The van der Waals surface area contributed by atoms with Crippen molar-refractivity contribution in [3.63, 3.8) is 0 Å². The van der Waals surface area contributed by atoms with Crippen molar-refractivity contribution in [1.29, 1.82) is 0 Å². The zero-order valence-electron chi connectivity index (χ0n) is 11.1. The normalized spacial score (nSPS) is 13.3. The van der Waals surface area contributed by atoms with Crippen LogP contribution in [0, 0.1) is 5.92 Å². The van der Waals surface area contributed by atoms with Gasteiger partial charge in [0.05, 0.1) is 0 Å². The number of hydrogen-bond acceptors (Lipinski definition) is 2. The lowest BCUT2D eigenvalue weighted by Crippen LogP contribution is -2.45. The average Bonchev–Trinajstić information content (AvgIpc) is 2.12. The standard InChI is InChI=1S/C12H26O2Si/c1-11(2)12(3,4)15(5,6)14-10-8-7-9-13/h9,11H,7-8,10H2,1-6H3. The SMILES string of the molecule is CC(C)C(C)(C)[Si](C)(C)OCCCC=O. The van der Waals surface area contributed by atoms with Gasteiger partial charge in [-0.1, -0.05) is 27.7 Å². The zero-order chi connectivity index (χ0) is 12.1. The van der Waals surface area contributed by atoms with Gasteiger partial charge < -0.3 is 9.22 Å². The monoisotopic (exact) mass is 230 g/mol. The topological polar surface area (TPSA) is 26.3 Å². The van der Waals surface area contributed by atoms with Gasteiger partial charge in [0.25, 0.3) is 0 Å². The predicted molar refractivity (Wildman–Crippen MR) is 67.6 cm³/mol. The molecule has 90 valence electrons.